The Bertz CT molecular complexity index is 421. The zero-order chi connectivity index (χ0) is 10.9. The largest absolute Gasteiger partial charge is 0.490 e. The second kappa shape index (κ2) is 3.84. The van der Waals surface area contributed by atoms with Crippen molar-refractivity contribution in [2.45, 2.75) is 18.4 Å². The summed E-state index contributed by atoms with van der Waals surface area (Å²) in [4.78, 5) is 0. The lowest BCUT2D eigenvalue weighted by Gasteiger charge is -2.12. The molecule has 2 rings (SSSR count). The van der Waals surface area contributed by atoms with Gasteiger partial charge in [-0.2, -0.15) is 5.26 Å². The summed E-state index contributed by atoms with van der Waals surface area (Å²) in [5, 5.41) is 8.95. The fourth-order valence-electron chi connectivity index (χ4n) is 1.26. The van der Waals surface area contributed by atoms with Gasteiger partial charge >= 0.3 is 0 Å². The Kier molecular flexibility index (Phi) is 2.68. The first-order valence-electron chi connectivity index (χ1n) is 4.75. The first-order chi connectivity index (χ1) is 7.14. The number of benzene rings is 1. The van der Waals surface area contributed by atoms with Crippen molar-refractivity contribution in [1.82, 2.24) is 0 Å². The summed E-state index contributed by atoms with van der Waals surface area (Å²) < 4.78 is 6.31. The Morgan fingerprint density at radius 2 is 2.27 bits per heavy atom. The summed E-state index contributed by atoms with van der Waals surface area (Å²) in [5.74, 6) is 0.601. The van der Waals surface area contributed by atoms with Crippen LogP contribution in [0.4, 0.5) is 0 Å². The highest BCUT2D eigenvalue weighted by molar-refractivity contribution is 9.10. The lowest BCUT2D eigenvalue weighted by Crippen LogP contribution is -2.29. The molecular weight excluding hydrogens is 256 g/mol. The zero-order valence-electron chi connectivity index (χ0n) is 8.16. The summed E-state index contributed by atoms with van der Waals surface area (Å²) in [6.07, 6.45) is 2.01. The average Bonchev–Trinajstić information content (AvgIpc) is 2.94. The molecule has 0 radical (unpaired) electrons. The number of hydrogen-bond acceptors (Lipinski definition) is 3. The molecule has 1 aliphatic carbocycles. The van der Waals surface area contributed by atoms with Crippen LogP contribution in [0.1, 0.15) is 18.4 Å². The first-order valence-corrected chi connectivity index (χ1v) is 5.54. The van der Waals surface area contributed by atoms with Gasteiger partial charge in [0.25, 0.3) is 0 Å². The van der Waals surface area contributed by atoms with E-state index >= 15 is 0 Å². The van der Waals surface area contributed by atoms with Crippen molar-refractivity contribution >= 4 is 15.9 Å². The third-order valence-corrected chi connectivity index (χ3v) is 3.16. The molecule has 78 valence electrons. The van der Waals surface area contributed by atoms with E-state index in [9.17, 15) is 0 Å². The Morgan fingerprint density at radius 3 is 2.87 bits per heavy atom. The minimum absolute atomic E-state index is 0.158. The number of nitriles is 1. The van der Waals surface area contributed by atoms with Crippen LogP contribution < -0.4 is 10.5 Å². The summed E-state index contributed by atoms with van der Waals surface area (Å²) in [6.45, 7) is 0.484. The maximum absolute atomic E-state index is 8.95. The lowest BCUT2D eigenvalue weighted by molar-refractivity contribution is 0.278. The van der Waals surface area contributed by atoms with Gasteiger partial charge in [-0.05, 0) is 40.9 Å². The van der Waals surface area contributed by atoms with E-state index in [4.69, 9.17) is 15.7 Å². The second-order valence-electron chi connectivity index (χ2n) is 3.88. The van der Waals surface area contributed by atoms with E-state index in [1.807, 2.05) is 12.1 Å². The van der Waals surface area contributed by atoms with E-state index in [0.29, 0.717) is 17.9 Å². The molecule has 1 aromatic rings. The van der Waals surface area contributed by atoms with Crippen molar-refractivity contribution in [3.05, 3.63) is 28.2 Å². The van der Waals surface area contributed by atoms with E-state index in [0.717, 1.165) is 17.3 Å². The van der Waals surface area contributed by atoms with Crippen molar-refractivity contribution < 1.29 is 4.74 Å². The summed E-state index contributed by atoms with van der Waals surface area (Å²) in [6, 6.07) is 7.56. The quantitative estimate of drug-likeness (QED) is 0.913. The summed E-state index contributed by atoms with van der Waals surface area (Å²) >= 11 is 3.31. The molecule has 0 saturated heterocycles. The summed E-state index contributed by atoms with van der Waals surface area (Å²) in [5.41, 5.74) is 6.28. The Balaban J connectivity index is 2.14. The summed E-state index contributed by atoms with van der Waals surface area (Å²) in [7, 11) is 0. The average molecular weight is 267 g/mol. The fraction of sp³-hybridized carbons (Fsp3) is 0.364. The molecule has 0 atom stereocenters. The molecule has 0 amide bonds. The fourth-order valence-corrected chi connectivity index (χ4v) is 1.70. The number of rotatable bonds is 3. The Morgan fingerprint density at radius 1 is 1.53 bits per heavy atom. The molecule has 0 unspecified atom stereocenters. The molecule has 1 aliphatic rings. The van der Waals surface area contributed by atoms with Crippen LogP contribution in [0.3, 0.4) is 0 Å². The number of halogens is 1. The zero-order valence-corrected chi connectivity index (χ0v) is 9.75. The molecule has 0 heterocycles. The van der Waals surface area contributed by atoms with Gasteiger partial charge in [-0.25, -0.2) is 0 Å². The standard InChI is InChI=1S/C11H11BrN2O/c12-9-2-1-3-10(8(9)6-13)15-7-11(14)4-5-11/h1-3H,4-5,7,14H2. The van der Waals surface area contributed by atoms with E-state index in [1.165, 1.54) is 0 Å². The molecule has 1 aromatic carbocycles. The SMILES string of the molecule is N#Cc1c(Br)cccc1OCC1(N)CC1. The number of nitrogens with zero attached hydrogens (tertiary/aromatic N) is 1. The van der Waals surface area contributed by atoms with Gasteiger partial charge < -0.3 is 10.5 Å². The number of hydrogen-bond donors (Lipinski definition) is 1. The second-order valence-corrected chi connectivity index (χ2v) is 4.73. The van der Waals surface area contributed by atoms with Crippen LogP contribution in [0.5, 0.6) is 5.75 Å². The van der Waals surface area contributed by atoms with Crippen molar-refractivity contribution in [2.24, 2.45) is 5.73 Å². The lowest BCUT2D eigenvalue weighted by atomic mass is 10.2. The highest BCUT2D eigenvalue weighted by atomic mass is 79.9. The van der Waals surface area contributed by atoms with Crippen molar-refractivity contribution in [3.63, 3.8) is 0 Å². The van der Waals surface area contributed by atoms with Crippen LogP contribution in [-0.2, 0) is 0 Å². The maximum atomic E-state index is 8.95. The number of ether oxygens (including phenoxy) is 1. The van der Waals surface area contributed by atoms with E-state index < -0.39 is 0 Å². The monoisotopic (exact) mass is 266 g/mol. The first kappa shape index (κ1) is 10.5. The van der Waals surface area contributed by atoms with E-state index in [1.54, 1.807) is 6.07 Å². The third kappa shape index (κ3) is 2.31. The minimum atomic E-state index is -0.158. The van der Waals surface area contributed by atoms with E-state index in [-0.39, 0.29) is 5.54 Å². The Labute approximate surface area is 97.0 Å². The molecule has 0 aliphatic heterocycles. The van der Waals surface area contributed by atoms with Crippen molar-refractivity contribution in [2.75, 3.05) is 6.61 Å². The molecule has 4 heteroatoms. The van der Waals surface area contributed by atoms with E-state index in [2.05, 4.69) is 22.0 Å². The Hall–Kier alpha value is -1.05. The molecule has 1 fully saturated rings. The van der Waals surface area contributed by atoms with Crippen LogP contribution in [0.15, 0.2) is 22.7 Å². The van der Waals surface area contributed by atoms with Gasteiger partial charge in [0.1, 0.15) is 24.0 Å². The minimum Gasteiger partial charge on any atom is -0.490 e. The third-order valence-electron chi connectivity index (χ3n) is 2.49. The van der Waals surface area contributed by atoms with Crippen LogP contribution >= 0.6 is 15.9 Å². The van der Waals surface area contributed by atoms with Crippen LogP contribution in [0.25, 0.3) is 0 Å². The van der Waals surface area contributed by atoms with Gasteiger partial charge in [0.05, 0.1) is 5.54 Å². The van der Waals surface area contributed by atoms with Crippen LogP contribution in [-0.4, -0.2) is 12.1 Å². The van der Waals surface area contributed by atoms with Crippen LogP contribution in [0, 0.1) is 11.3 Å². The highest BCUT2D eigenvalue weighted by Gasteiger charge is 2.39. The highest BCUT2D eigenvalue weighted by Crippen LogP contribution is 2.34. The van der Waals surface area contributed by atoms with Crippen molar-refractivity contribution in [3.8, 4) is 11.8 Å². The molecule has 15 heavy (non-hydrogen) atoms. The van der Waals surface area contributed by atoms with Gasteiger partial charge in [-0.1, -0.05) is 6.07 Å². The van der Waals surface area contributed by atoms with Gasteiger partial charge in [0, 0.05) is 4.47 Å². The van der Waals surface area contributed by atoms with Gasteiger partial charge in [-0.15, -0.1) is 0 Å². The van der Waals surface area contributed by atoms with Gasteiger partial charge in [0.2, 0.25) is 0 Å². The maximum Gasteiger partial charge on any atom is 0.138 e. The molecule has 0 spiro atoms. The molecular formula is C11H11BrN2O. The molecule has 1 saturated carbocycles. The predicted molar refractivity (Wildman–Crippen MR) is 60.5 cm³/mol. The molecule has 2 N–H and O–H groups in total. The molecule has 0 aromatic heterocycles. The smallest absolute Gasteiger partial charge is 0.138 e. The van der Waals surface area contributed by atoms with Gasteiger partial charge in [-0.3, -0.25) is 0 Å². The topological polar surface area (TPSA) is 59.0 Å². The van der Waals surface area contributed by atoms with Crippen molar-refractivity contribution in [1.29, 1.82) is 5.26 Å². The normalized spacial score (nSPS) is 16.9. The number of nitrogens with two attached hydrogens (primary N) is 1. The van der Waals surface area contributed by atoms with Gasteiger partial charge in [0.15, 0.2) is 0 Å². The predicted octanol–water partition coefficient (Wildman–Crippen LogP) is 2.19. The molecule has 3 nitrogen and oxygen atoms in total. The van der Waals surface area contributed by atoms with Crippen LogP contribution in [0.2, 0.25) is 0 Å². The molecule has 0 bridgehead atoms.